The van der Waals surface area contributed by atoms with Crippen molar-refractivity contribution in [3.8, 4) is 10.4 Å². The molecule has 3 nitrogen and oxygen atoms in total. The molecular weight excluding hydrogens is 413 g/mol. The van der Waals surface area contributed by atoms with Crippen LogP contribution in [0, 0.1) is 0 Å². The number of nitrogens with zero attached hydrogens (tertiary/aromatic N) is 1. The van der Waals surface area contributed by atoms with Crippen molar-refractivity contribution in [2.75, 3.05) is 6.61 Å². The standard InChI is InChI=1S/C22H17Cl2NO2S/c1-2-27-22(26)20-12-16-15(21-7-4-10-28-21)5-3-6-19(16)25(20)13-14-8-9-17(23)18(24)11-14/h3-12H,2,13H2,1H3. The van der Waals surface area contributed by atoms with Crippen LogP contribution in [-0.4, -0.2) is 17.1 Å². The highest BCUT2D eigenvalue weighted by atomic mass is 35.5. The summed E-state index contributed by atoms with van der Waals surface area (Å²) in [6, 6.07) is 17.6. The molecule has 0 saturated heterocycles. The first-order chi connectivity index (χ1) is 13.6. The van der Waals surface area contributed by atoms with Crippen LogP contribution in [0.25, 0.3) is 21.3 Å². The molecule has 0 amide bonds. The Balaban J connectivity index is 1.89. The molecule has 6 heteroatoms. The van der Waals surface area contributed by atoms with Gasteiger partial charge in [-0.3, -0.25) is 0 Å². The number of benzene rings is 2. The molecule has 4 aromatic rings. The van der Waals surface area contributed by atoms with Crippen LogP contribution in [0.2, 0.25) is 10.0 Å². The van der Waals surface area contributed by atoms with Gasteiger partial charge in [-0.2, -0.15) is 0 Å². The van der Waals surface area contributed by atoms with Crippen molar-refractivity contribution in [2.24, 2.45) is 0 Å². The number of fused-ring (bicyclic) bond motifs is 1. The summed E-state index contributed by atoms with van der Waals surface area (Å²) in [5.41, 5.74) is 3.55. The van der Waals surface area contributed by atoms with Gasteiger partial charge in [-0.1, -0.05) is 47.5 Å². The van der Waals surface area contributed by atoms with E-state index in [4.69, 9.17) is 27.9 Å². The quantitative estimate of drug-likeness (QED) is 0.323. The van der Waals surface area contributed by atoms with Crippen LogP contribution in [0.1, 0.15) is 23.0 Å². The third kappa shape index (κ3) is 3.55. The predicted octanol–water partition coefficient (Wildman–Crippen LogP) is 6.90. The first-order valence-corrected chi connectivity index (χ1v) is 10.5. The topological polar surface area (TPSA) is 31.2 Å². The molecular formula is C22H17Cl2NO2S. The molecule has 0 radical (unpaired) electrons. The largest absolute Gasteiger partial charge is 0.461 e. The Hall–Kier alpha value is -2.27. The molecule has 0 aliphatic carbocycles. The van der Waals surface area contributed by atoms with Crippen molar-refractivity contribution in [3.63, 3.8) is 0 Å². The summed E-state index contributed by atoms with van der Waals surface area (Å²) in [7, 11) is 0. The number of esters is 1. The number of hydrogen-bond acceptors (Lipinski definition) is 3. The smallest absolute Gasteiger partial charge is 0.354 e. The zero-order valence-corrected chi connectivity index (χ0v) is 17.4. The van der Waals surface area contributed by atoms with Gasteiger partial charge in [-0.05, 0) is 48.2 Å². The molecule has 0 atom stereocenters. The zero-order chi connectivity index (χ0) is 19.7. The van der Waals surface area contributed by atoms with Gasteiger partial charge in [-0.25, -0.2) is 4.79 Å². The third-order valence-electron chi connectivity index (χ3n) is 4.54. The Kier molecular flexibility index (Phi) is 5.44. The number of thiophene rings is 1. The first-order valence-electron chi connectivity index (χ1n) is 8.85. The number of carbonyl (C=O) groups excluding carboxylic acids is 1. The highest BCUT2D eigenvalue weighted by Crippen LogP contribution is 2.34. The van der Waals surface area contributed by atoms with E-state index in [2.05, 4.69) is 12.1 Å². The van der Waals surface area contributed by atoms with Crippen LogP contribution >= 0.6 is 34.5 Å². The lowest BCUT2D eigenvalue weighted by Crippen LogP contribution is -2.12. The second-order valence-electron chi connectivity index (χ2n) is 6.30. The average molecular weight is 430 g/mol. The van der Waals surface area contributed by atoms with Gasteiger partial charge < -0.3 is 9.30 Å². The molecule has 0 spiro atoms. The Bertz CT molecular complexity index is 1150. The summed E-state index contributed by atoms with van der Waals surface area (Å²) in [5.74, 6) is -0.337. The van der Waals surface area contributed by atoms with Gasteiger partial charge in [0.15, 0.2) is 0 Å². The lowest BCUT2D eigenvalue weighted by Gasteiger charge is -2.11. The Morgan fingerprint density at radius 2 is 1.93 bits per heavy atom. The van der Waals surface area contributed by atoms with E-state index in [9.17, 15) is 4.79 Å². The van der Waals surface area contributed by atoms with Crippen LogP contribution in [0.5, 0.6) is 0 Å². The minimum absolute atomic E-state index is 0.324. The van der Waals surface area contributed by atoms with Gasteiger partial charge in [0.2, 0.25) is 0 Å². The van der Waals surface area contributed by atoms with Crippen LogP contribution in [-0.2, 0) is 11.3 Å². The van der Waals surface area contributed by atoms with Crippen molar-refractivity contribution in [1.29, 1.82) is 0 Å². The van der Waals surface area contributed by atoms with E-state index in [1.165, 1.54) is 0 Å². The molecule has 0 unspecified atom stereocenters. The van der Waals surface area contributed by atoms with E-state index in [0.29, 0.717) is 28.9 Å². The monoisotopic (exact) mass is 429 g/mol. The molecule has 0 saturated carbocycles. The summed E-state index contributed by atoms with van der Waals surface area (Å²) in [4.78, 5) is 13.8. The number of rotatable bonds is 5. The van der Waals surface area contributed by atoms with Gasteiger partial charge in [0.1, 0.15) is 5.69 Å². The average Bonchev–Trinajstić information content (AvgIpc) is 3.33. The van der Waals surface area contributed by atoms with E-state index in [-0.39, 0.29) is 5.97 Å². The van der Waals surface area contributed by atoms with Gasteiger partial charge in [0.05, 0.1) is 16.7 Å². The Morgan fingerprint density at radius 1 is 1.07 bits per heavy atom. The van der Waals surface area contributed by atoms with E-state index >= 15 is 0 Å². The molecule has 4 rings (SSSR count). The van der Waals surface area contributed by atoms with Gasteiger partial charge in [0.25, 0.3) is 0 Å². The second-order valence-corrected chi connectivity index (χ2v) is 8.06. The van der Waals surface area contributed by atoms with Crippen molar-refractivity contribution in [2.45, 2.75) is 13.5 Å². The fourth-order valence-electron chi connectivity index (χ4n) is 3.30. The van der Waals surface area contributed by atoms with Crippen LogP contribution in [0.4, 0.5) is 0 Å². The highest BCUT2D eigenvalue weighted by molar-refractivity contribution is 7.13. The van der Waals surface area contributed by atoms with E-state index in [1.54, 1.807) is 24.3 Å². The molecule has 28 heavy (non-hydrogen) atoms. The number of hydrogen-bond donors (Lipinski definition) is 0. The fourth-order valence-corrected chi connectivity index (χ4v) is 4.38. The summed E-state index contributed by atoms with van der Waals surface area (Å²) in [5, 5.41) is 4.07. The maximum atomic E-state index is 12.7. The maximum absolute atomic E-state index is 12.7. The highest BCUT2D eigenvalue weighted by Gasteiger charge is 2.19. The van der Waals surface area contributed by atoms with Crippen molar-refractivity contribution in [1.82, 2.24) is 4.57 Å². The summed E-state index contributed by atoms with van der Waals surface area (Å²) in [6.45, 7) is 2.62. The molecule has 2 heterocycles. The molecule has 142 valence electrons. The van der Waals surface area contributed by atoms with Crippen molar-refractivity contribution in [3.05, 3.63) is 81.3 Å². The number of carbonyl (C=O) groups is 1. The minimum Gasteiger partial charge on any atom is -0.461 e. The number of halogens is 2. The van der Waals surface area contributed by atoms with Crippen LogP contribution in [0.15, 0.2) is 60.0 Å². The normalized spacial score (nSPS) is 11.1. The molecule has 0 aliphatic heterocycles. The summed E-state index contributed by atoms with van der Waals surface area (Å²) < 4.78 is 7.28. The summed E-state index contributed by atoms with van der Waals surface area (Å²) in [6.07, 6.45) is 0. The van der Waals surface area contributed by atoms with Gasteiger partial charge in [-0.15, -0.1) is 11.3 Å². The first kappa shape index (κ1) is 19.1. The molecule has 2 aromatic heterocycles. The number of aromatic nitrogens is 1. The Morgan fingerprint density at radius 3 is 2.64 bits per heavy atom. The SMILES string of the molecule is CCOC(=O)c1cc2c(-c3cccs3)cccc2n1Cc1ccc(Cl)c(Cl)c1. The third-order valence-corrected chi connectivity index (χ3v) is 6.18. The molecule has 0 bridgehead atoms. The fraction of sp³-hybridized carbons (Fsp3) is 0.136. The Labute approximate surface area is 177 Å². The van der Waals surface area contributed by atoms with Gasteiger partial charge >= 0.3 is 5.97 Å². The van der Waals surface area contributed by atoms with Crippen LogP contribution in [0.3, 0.4) is 0 Å². The lowest BCUT2D eigenvalue weighted by atomic mass is 10.1. The van der Waals surface area contributed by atoms with Crippen molar-refractivity contribution >= 4 is 51.4 Å². The van der Waals surface area contributed by atoms with Crippen LogP contribution < -0.4 is 0 Å². The van der Waals surface area contributed by atoms with E-state index < -0.39 is 0 Å². The second kappa shape index (κ2) is 8.00. The molecule has 0 fully saturated rings. The molecule has 0 N–H and O–H groups in total. The van der Waals surface area contributed by atoms with E-state index in [1.807, 2.05) is 46.3 Å². The number of ether oxygens (including phenoxy) is 1. The minimum atomic E-state index is -0.337. The summed E-state index contributed by atoms with van der Waals surface area (Å²) >= 11 is 13.9. The van der Waals surface area contributed by atoms with E-state index in [0.717, 1.165) is 26.9 Å². The molecule has 2 aromatic carbocycles. The van der Waals surface area contributed by atoms with Crippen molar-refractivity contribution < 1.29 is 9.53 Å². The maximum Gasteiger partial charge on any atom is 0.354 e. The molecule has 0 aliphatic rings. The zero-order valence-electron chi connectivity index (χ0n) is 15.1. The predicted molar refractivity (Wildman–Crippen MR) is 117 cm³/mol. The lowest BCUT2D eigenvalue weighted by molar-refractivity contribution is 0.0515. The van der Waals surface area contributed by atoms with Gasteiger partial charge in [0, 0.05) is 27.9 Å².